The number of nitrogens with zero attached hydrogens (tertiary/aromatic N) is 4. The van der Waals surface area contributed by atoms with Gasteiger partial charge in [0.2, 0.25) is 0 Å². The van der Waals surface area contributed by atoms with E-state index in [1.165, 1.54) is 22.0 Å². The van der Waals surface area contributed by atoms with Crippen molar-refractivity contribution in [2.75, 3.05) is 31.1 Å². The van der Waals surface area contributed by atoms with Gasteiger partial charge >= 0.3 is 0 Å². The molecule has 2 heterocycles. The minimum absolute atomic E-state index is 0.942. The zero-order valence-electron chi connectivity index (χ0n) is 15.4. The van der Waals surface area contributed by atoms with Crippen molar-refractivity contribution in [2.45, 2.75) is 26.3 Å². The molecule has 0 bridgehead atoms. The minimum atomic E-state index is 0.942. The summed E-state index contributed by atoms with van der Waals surface area (Å²) < 4.78 is 0. The van der Waals surface area contributed by atoms with E-state index < -0.39 is 0 Å². The maximum atomic E-state index is 4.48. The molecule has 0 N–H and O–H groups in total. The molecule has 1 aliphatic heterocycles. The molecule has 1 saturated heterocycles. The molecular formula is C22H26N4. The molecule has 4 heteroatoms. The second kappa shape index (κ2) is 7.83. The van der Waals surface area contributed by atoms with Gasteiger partial charge in [0.05, 0.1) is 0 Å². The number of fused-ring (bicyclic) bond motifs is 1. The van der Waals surface area contributed by atoms with E-state index >= 15 is 0 Å². The summed E-state index contributed by atoms with van der Waals surface area (Å²) in [4.78, 5) is 13.9. The maximum Gasteiger partial charge on any atom is 0.128 e. The number of aromatic nitrogens is 2. The lowest BCUT2D eigenvalue weighted by atomic mass is 10.1. The molecule has 1 fully saturated rings. The highest BCUT2D eigenvalue weighted by Gasteiger charge is 2.17. The molecule has 0 atom stereocenters. The molecule has 26 heavy (non-hydrogen) atoms. The van der Waals surface area contributed by atoms with E-state index in [1.807, 2.05) is 12.4 Å². The van der Waals surface area contributed by atoms with Crippen molar-refractivity contribution < 1.29 is 0 Å². The molecule has 3 aromatic rings. The minimum Gasteiger partial charge on any atom is -0.369 e. The van der Waals surface area contributed by atoms with Crippen LogP contribution in [0.25, 0.3) is 10.8 Å². The fourth-order valence-electron chi connectivity index (χ4n) is 3.61. The van der Waals surface area contributed by atoms with Gasteiger partial charge in [-0.15, -0.1) is 0 Å². The molecule has 0 aliphatic carbocycles. The normalized spacial score (nSPS) is 15.5. The van der Waals surface area contributed by atoms with Crippen molar-refractivity contribution >= 4 is 16.5 Å². The Labute approximate surface area is 155 Å². The highest BCUT2D eigenvalue weighted by molar-refractivity contribution is 5.85. The van der Waals surface area contributed by atoms with Crippen molar-refractivity contribution in [2.24, 2.45) is 0 Å². The van der Waals surface area contributed by atoms with Gasteiger partial charge in [-0.25, -0.2) is 9.97 Å². The Bertz CT molecular complexity index is 851. The zero-order chi connectivity index (χ0) is 17.8. The average molecular weight is 346 g/mol. The molecule has 0 amide bonds. The number of anilines is 1. The molecule has 4 rings (SSSR count). The Hall–Kier alpha value is -2.46. The van der Waals surface area contributed by atoms with Gasteiger partial charge < -0.3 is 4.90 Å². The summed E-state index contributed by atoms with van der Waals surface area (Å²) in [5.74, 6) is 0.956. The Kier molecular flexibility index (Phi) is 5.12. The van der Waals surface area contributed by atoms with Crippen LogP contribution in [-0.2, 0) is 13.0 Å². The highest BCUT2D eigenvalue weighted by Crippen LogP contribution is 2.23. The van der Waals surface area contributed by atoms with Crippen molar-refractivity contribution in [3.05, 3.63) is 66.2 Å². The first-order chi connectivity index (χ1) is 12.8. The molecule has 4 nitrogen and oxygen atoms in total. The number of benzene rings is 2. The summed E-state index contributed by atoms with van der Waals surface area (Å²) in [5.41, 5.74) is 2.54. The predicted molar refractivity (Wildman–Crippen MR) is 107 cm³/mol. The smallest absolute Gasteiger partial charge is 0.128 e. The van der Waals surface area contributed by atoms with Gasteiger partial charge in [0.1, 0.15) is 5.82 Å². The molecule has 0 unspecified atom stereocenters. The summed E-state index contributed by atoms with van der Waals surface area (Å²) in [6.07, 6.45) is 6.04. The lowest BCUT2D eigenvalue weighted by Gasteiger charge is -2.36. The van der Waals surface area contributed by atoms with Crippen LogP contribution in [0.5, 0.6) is 0 Å². The van der Waals surface area contributed by atoms with Crippen LogP contribution in [0.1, 0.15) is 24.7 Å². The molecule has 0 spiro atoms. The van der Waals surface area contributed by atoms with Crippen LogP contribution in [-0.4, -0.2) is 41.0 Å². The topological polar surface area (TPSA) is 32.3 Å². The Morgan fingerprint density at radius 2 is 1.62 bits per heavy atom. The molecular weight excluding hydrogens is 320 g/mol. The molecule has 2 aromatic carbocycles. The van der Waals surface area contributed by atoms with Crippen molar-refractivity contribution in [1.82, 2.24) is 14.9 Å². The van der Waals surface area contributed by atoms with Crippen LogP contribution >= 0.6 is 0 Å². The SMILES string of the molecule is CCCc1ncc(CN2CCN(c3ccc4ccccc4c3)CC2)cn1. The first-order valence-corrected chi connectivity index (χ1v) is 9.58. The quantitative estimate of drug-likeness (QED) is 0.701. The van der Waals surface area contributed by atoms with E-state index in [0.29, 0.717) is 0 Å². The summed E-state index contributed by atoms with van der Waals surface area (Å²) in [6.45, 7) is 7.37. The van der Waals surface area contributed by atoms with E-state index in [0.717, 1.165) is 51.4 Å². The lowest BCUT2D eigenvalue weighted by Crippen LogP contribution is -2.46. The third-order valence-corrected chi connectivity index (χ3v) is 5.11. The molecule has 0 radical (unpaired) electrons. The second-order valence-electron chi connectivity index (χ2n) is 7.05. The third kappa shape index (κ3) is 3.86. The Morgan fingerprint density at radius 1 is 0.885 bits per heavy atom. The number of hydrogen-bond donors (Lipinski definition) is 0. The first-order valence-electron chi connectivity index (χ1n) is 9.58. The average Bonchev–Trinajstić information content (AvgIpc) is 2.70. The first kappa shape index (κ1) is 17.0. The van der Waals surface area contributed by atoms with Crippen molar-refractivity contribution in [3.63, 3.8) is 0 Å². The largest absolute Gasteiger partial charge is 0.369 e. The van der Waals surface area contributed by atoms with Crippen LogP contribution in [0, 0.1) is 0 Å². The van der Waals surface area contributed by atoms with Gasteiger partial charge in [-0.3, -0.25) is 4.90 Å². The fourth-order valence-corrected chi connectivity index (χ4v) is 3.61. The van der Waals surface area contributed by atoms with Gasteiger partial charge in [-0.05, 0) is 29.3 Å². The predicted octanol–water partition coefficient (Wildman–Crippen LogP) is 3.90. The van der Waals surface area contributed by atoms with Gasteiger partial charge in [-0.1, -0.05) is 37.3 Å². The van der Waals surface area contributed by atoms with E-state index in [9.17, 15) is 0 Å². The summed E-state index contributed by atoms with van der Waals surface area (Å²) in [6, 6.07) is 15.4. The molecule has 1 aromatic heterocycles. The molecule has 134 valence electrons. The van der Waals surface area contributed by atoms with Gasteiger partial charge in [0.15, 0.2) is 0 Å². The van der Waals surface area contributed by atoms with Gasteiger partial charge in [0, 0.05) is 62.8 Å². The Balaban J connectivity index is 1.35. The maximum absolute atomic E-state index is 4.48. The summed E-state index contributed by atoms with van der Waals surface area (Å²) >= 11 is 0. The number of piperazine rings is 1. The number of rotatable bonds is 5. The van der Waals surface area contributed by atoms with Crippen LogP contribution in [0.15, 0.2) is 54.9 Å². The van der Waals surface area contributed by atoms with Crippen molar-refractivity contribution in [3.8, 4) is 0 Å². The summed E-state index contributed by atoms with van der Waals surface area (Å²) in [5, 5.41) is 2.62. The zero-order valence-corrected chi connectivity index (χ0v) is 15.4. The van der Waals surface area contributed by atoms with Gasteiger partial charge in [-0.2, -0.15) is 0 Å². The van der Waals surface area contributed by atoms with Gasteiger partial charge in [0.25, 0.3) is 0 Å². The van der Waals surface area contributed by atoms with E-state index in [4.69, 9.17) is 0 Å². The lowest BCUT2D eigenvalue weighted by molar-refractivity contribution is 0.249. The third-order valence-electron chi connectivity index (χ3n) is 5.11. The number of hydrogen-bond acceptors (Lipinski definition) is 4. The van der Waals surface area contributed by atoms with Crippen LogP contribution in [0.3, 0.4) is 0 Å². The van der Waals surface area contributed by atoms with Crippen LogP contribution in [0.4, 0.5) is 5.69 Å². The van der Waals surface area contributed by atoms with E-state index in [2.05, 4.69) is 69.2 Å². The van der Waals surface area contributed by atoms with Crippen molar-refractivity contribution in [1.29, 1.82) is 0 Å². The highest BCUT2D eigenvalue weighted by atomic mass is 15.3. The molecule has 0 saturated carbocycles. The second-order valence-corrected chi connectivity index (χ2v) is 7.05. The van der Waals surface area contributed by atoms with Crippen LogP contribution in [0.2, 0.25) is 0 Å². The van der Waals surface area contributed by atoms with E-state index in [1.54, 1.807) is 0 Å². The Morgan fingerprint density at radius 3 is 2.35 bits per heavy atom. The van der Waals surface area contributed by atoms with E-state index in [-0.39, 0.29) is 0 Å². The fraction of sp³-hybridized carbons (Fsp3) is 0.364. The molecule has 1 aliphatic rings. The summed E-state index contributed by atoms with van der Waals surface area (Å²) in [7, 11) is 0. The monoisotopic (exact) mass is 346 g/mol. The van der Waals surface area contributed by atoms with Crippen LogP contribution < -0.4 is 4.90 Å². The number of aryl methyl sites for hydroxylation is 1. The standard InChI is InChI=1S/C22H26N4/c1-2-5-22-23-15-18(16-24-22)17-25-10-12-26(13-11-25)21-9-8-19-6-3-4-7-20(19)14-21/h3-4,6-9,14-16H,2,5,10-13,17H2,1H3.